The molecule has 0 fully saturated rings. The topological polar surface area (TPSA) is 59.4 Å². The second kappa shape index (κ2) is 6.75. The molecule has 0 saturated heterocycles. The lowest BCUT2D eigenvalue weighted by atomic mass is 10.0. The summed E-state index contributed by atoms with van der Waals surface area (Å²) < 4.78 is 5.90. The number of benzene rings is 2. The first kappa shape index (κ1) is 14.8. The van der Waals surface area contributed by atoms with E-state index in [-0.39, 0.29) is 5.56 Å². The summed E-state index contributed by atoms with van der Waals surface area (Å²) in [5.41, 5.74) is 2.54. The van der Waals surface area contributed by atoms with E-state index in [1.54, 1.807) is 12.3 Å². The van der Waals surface area contributed by atoms with Crippen molar-refractivity contribution in [2.75, 3.05) is 0 Å². The Labute approximate surface area is 134 Å². The third-order valence-corrected chi connectivity index (χ3v) is 3.47. The van der Waals surface area contributed by atoms with Gasteiger partial charge in [0.05, 0.1) is 5.56 Å². The van der Waals surface area contributed by atoms with Gasteiger partial charge >= 0.3 is 5.97 Å². The molecule has 0 aliphatic carbocycles. The van der Waals surface area contributed by atoms with Gasteiger partial charge in [0.1, 0.15) is 12.4 Å². The summed E-state index contributed by atoms with van der Waals surface area (Å²) >= 11 is 0. The van der Waals surface area contributed by atoms with Crippen LogP contribution in [0.4, 0.5) is 0 Å². The lowest BCUT2D eigenvalue weighted by Gasteiger charge is -2.13. The maximum atomic E-state index is 11.4. The number of hydrogen-bond donors (Lipinski definition) is 1. The van der Waals surface area contributed by atoms with Crippen LogP contribution in [0, 0.1) is 0 Å². The third-order valence-electron chi connectivity index (χ3n) is 3.47. The zero-order valence-corrected chi connectivity index (χ0v) is 12.3. The van der Waals surface area contributed by atoms with Crippen LogP contribution >= 0.6 is 0 Å². The number of pyridine rings is 1. The summed E-state index contributed by atoms with van der Waals surface area (Å²) in [4.78, 5) is 15.3. The molecule has 114 valence electrons. The SMILES string of the molecule is O=C(O)c1cnccc1-c1ccccc1OCc1ccccc1. The molecular weight excluding hydrogens is 290 g/mol. The highest BCUT2D eigenvalue weighted by molar-refractivity contribution is 5.96. The largest absolute Gasteiger partial charge is 0.488 e. The van der Waals surface area contributed by atoms with Crippen LogP contribution in [0.2, 0.25) is 0 Å². The summed E-state index contributed by atoms with van der Waals surface area (Å²) in [6, 6.07) is 18.9. The van der Waals surface area contributed by atoms with Gasteiger partial charge in [0.2, 0.25) is 0 Å². The molecule has 0 atom stereocenters. The molecule has 1 N–H and O–H groups in total. The van der Waals surface area contributed by atoms with Gasteiger partial charge in [-0.2, -0.15) is 0 Å². The lowest BCUT2D eigenvalue weighted by Crippen LogP contribution is -2.02. The van der Waals surface area contributed by atoms with Crippen molar-refractivity contribution in [1.82, 2.24) is 4.98 Å². The first-order chi connectivity index (χ1) is 11.3. The first-order valence-electron chi connectivity index (χ1n) is 7.19. The van der Waals surface area contributed by atoms with Crippen LogP contribution in [0.25, 0.3) is 11.1 Å². The zero-order valence-electron chi connectivity index (χ0n) is 12.3. The predicted molar refractivity (Wildman–Crippen MR) is 87.4 cm³/mol. The van der Waals surface area contributed by atoms with Gasteiger partial charge in [0.25, 0.3) is 0 Å². The number of aromatic nitrogens is 1. The van der Waals surface area contributed by atoms with Gasteiger partial charge in [0.15, 0.2) is 0 Å². The van der Waals surface area contributed by atoms with Crippen LogP contribution in [0.3, 0.4) is 0 Å². The first-order valence-corrected chi connectivity index (χ1v) is 7.19. The fraction of sp³-hybridized carbons (Fsp3) is 0.0526. The van der Waals surface area contributed by atoms with Crippen LogP contribution < -0.4 is 4.74 Å². The van der Waals surface area contributed by atoms with Crippen molar-refractivity contribution in [3.05, 3.63) is 84.2 Å². The van der Waals surface area contributed by atoms with E-state index in [0.717, 1.165) is 11.1 Å². The maximum Gasteiger partial charge on any atom is 0.337 e. The molecule has 0 amide bonds. The van der Waals surface area contributed by atoms with E-state index in [2.05, 4.69) is 4.98 Å². The summed E-state index contributed by atoms with van der Waals surface area (Å²) in [5, 5.41) is 9.34. The minimum absolute atomic E-state index is 0.156. The Hall–Kier alpha value is -3.14. The summed E-state index contributed by atoms with van der Waals surface area (Å²) in [5.74, 6) is -0.365. The Kier molecular flexibility index (Phi) is 4.34. The van der Waals surface area contributed by atoms with Gasteiger partial charge in [0, 0.05) is 23.5 Å². The zero-order chi connectivity index (χ0) is 16.1. The molecule has 3 aromatic rings. The molecule has 0 radical (unpaired) electrons. The average Bonchev–Trinajstić information content (AvgIpc) is 2.61. The number of carbonyl (C=O) groups is 1. The summed E-state index contributed by atoms with van der Waals surface area (Å²) in [7, 11) is 0. The quantitative estimate of drug-likeness (QED) is 0.773. The molecule has 0 saturated carbocycles. The normalized spacial score (nSPS) is 10.3. The van der Waals surface area contributed by atoms with Crippen LogP contribution in [0.5, 0.6) is 5.75 Å². The van der Waals surface area contributed by atoms with E-state index < -0.39 is 5.97 Å². The van der Waals surface area contributed by atoms with Gasteiger partial charge in [-0.3, -0.25) is 4.98 Å². The van der Waals surface area contributed by atoms with E-state index in [9.17, 15) is 9.90 Å². The number of ether oxygens (including phenoxy) is 1. The Morgan fingerprint density at radius 2 is 1.70 bits per heavy atom. The molecule has 0 spiro atoms. The monoisotopic (exact) mass is 305 g/mol. The maximum absolute atomic E-state index is 11.4. The van der Waals surface area contributed by atoms with Crippen molar-refractivity contribution in [2.45, 2.75) is 6.61 Å². The van der Waals surface area contributed by atoms with E-state index in [1.165, 1.54) is 6.20 Å². The molecule has 1 heterocycles. The minimum atomic E-state index is -1.01. The van der Waals surface area contributed by atoms with Crippen molar-refractivity contribution in [2.24, 2.45) is 0 Å². The number of carboxylic acid groups (broad SMARTS) is 1. The molecule has 4 heteroatoms. The van der Waals surface area contributed by atoms with Crippen molar-refractivity contribution < 1.29 is 14.6 Å². The van der Waals surface area contributed by atoms with Gasteiger partial charge < -0.3 is 9.84 Å². The summed E-state index contributed by atoms with van der Waals surface area (Å²) in [6.07, 6.45) is 2.93. The molecule has 0 bridgehead atoms. The summed E-state index contributed by atoms with van der Waals surface area (Å²) in [6.45, 7) is 0.422. The lowest BCUT2D eigenvalue weighted by molar-refractivity contribution is 0.0697. The van der Waals surface area contributed by atoms with Crippen LogP contribution in [0.15, 0.2) is 73.1 Å². The highest BCUT2D eigenvalue weighted by atomic mass is 16.5. The fourth-order valence-corrected chi connectivity index (χ4v) is 2.35. The number of rotatable bonds is 5. The minimum Gasteiger partial charge on any atom is -0.488 e. The molecule has 0 unspecified atom stereocenters. The second-order valence-corrected chi connectivity index (χ2v) is 5.00. The number of hydrogen-bond acceptors (Lipinski definition) is 3. The Bertz CT molecular complexity index is 816. The van der Waals surface area contributed by atoms with Crippen molar-refractivity contribution in [3.63, 3.8) is 0 Å². The van der Waals surface area contributed by atoms with E-state index in [4.69, 9.17) is 4.74 Å². The highest BCUT2D eigenvalue weighted by Crippen LogP contribution is 2.32. The molecule has 3 rings (SSSR count). The molecule has 23 heavy (non-hydrogen) atoms. The predicted octanol–water partition coefficient (Wildman–Crippen LogP) is 4.03. The fourth-order valence-electron chi connectivity index (χ4n) is 2.35. The Morgan fingerprint density at radius 3 is 2.48 bits per heavy atom. The van der Waals surface area contributed by atoms with Crippen LogP contribution in [0.1, 0.15) is 15.9 Å². The van der Waals surface area contributed by atoms with Crippen molar-refractivity contribution in [3.8, 4) is 16.9 Å². The number of aromatic carboxylic acids is 1. The van der Waals surface area contributed by atoms with Gasteiger partial charge in [-0.05, 0) is 17.7 Å². The standard InChI is InChI=1S/C19H15NO3/c21-19(22)17-12-20-11-10-15(17)16-8-4-5-9-18(16)23-13-14-6-2-1-3-7-14/h1-12H,13H2,(H,21,22). The number of carboxylic acids is 1. The second-order valence-electron chi connectivity index (χ2n) is 5.00. The van der Waals surface area contributed by atoms with E-state index in [1.807, 2.05) is 54.6 Å². The molecule has 4 nitrogen and oxygen atoms in total. The van der Waals surface area contributed by atoms with Gasteiger partial charge in [-0.25, -0.2) is 4.79 Å². The average molecular weight is 305 g/mol. The van der Waals surface area contributed by atoms with Crippen LogP contribution in [-0.2, 0) is 6.61 Å². The van der Waals surface area contributed by atoms with Gasteiger partial charge in [-0.1, -0.05) is 48.5 Å². The van der Waals surface area contributed by atoms with Gasteiger partial charge in [-0.15, -0.1) is 0 Å². The smallest absolute Gasteiger partial charge is 0.337 e. The highest BCUT2D eigenvalue weighted by Gasteiger charge is 2.15. The Balaban J connectivity index is 1.94. The van der Waals surface area contributed by atoms with Crippen molar-refractivity contribution in [1.29, 1.82) is 0 Å². The number of para-hydroxylation sites is 1. The molecule has 2 aromatic carbocycles. The van der Waals surface area contributed by atoms with E-state index >= 15 is 0 Å². The Morgan fingerprint density at radius 1 is 0.957 bits per heavy atom. The van der Waals surface area contributed by atoms with Crippen molar-refractivity contribution >= 4 is 5.97 Å². The molecule has 0 aliphatic rings. The third kappa shape index (κ3) is 3.37. The van der Waals surface area contributed by atoms with E-state index in [0.29, 0.717) is 17.9 Å². The molecule has 1 aromatic heterocycles. The number of nitrogens with zero attached hydrogens (tertiary/aromatic N) is 1. The molecular formula is C19H15NO3. The molecule has 0 aliphatic heterocycles. The van der Waals surface area contributed by atoms with Crippen LogP contribution in [-0.4, -0.2) is 16.1 Å².